The maximum Gasteiger partial charge on any atom is 0.487 e. The van der Waals surface area contributed by atoms with Crippen LogP contribution in [0.25, 0.3) is 6.08 Å². The van der Waals surface area contributed by atoms with Crippen molar-refractivity contribution in [3.05, 3.63) is 41.4 Å². The molecule has 0 unspecified atom stereocenters. The molecule has 21 heavy (non-hydrogen) atoms. The molecule has 1 aromatic rings. The second-order valence-electron chi connectivity index (χ2n) is 6.10. The van der Waals surface area contributed by atoms with E-state index in [0.717, 1.165) is 5.56 Å². The number of ether oxygens (including phenoxy) is 1. The minimum absolute atomic E-state index is 0.337. The summed E-state index contributed by atoms with van der Waals surface area (Å²) in [4.78, 5) is 11.4. The Hall–Kier alpha value is -1.59. The molecule has 1 fully saturated rings. The highest BCUT2D eigenvalue weighted by Crippen LogP contribution is 2.36. The van der Waals surface area contributed by atoms with Crippen molar-refractivity contribution in [3.8, 4) is 0 Å². The number of rotatable bonds is 3. The Kier molecular flexibility index (Phi) is 4.26. The van der Waals surface area contributed by atoms with Crippen LogP contribution in [-0.2, 0) is 14.0 Å². The van der Waals surface area contributed by atoms with Crippen LogP contribution in [0.3, 0.4) is 0 Å². The summed E-state index contributed by atoms with van der Waals surface area (Å²) in [5, 5.41) is 0. The number of hydrogen-bond acceptors (Lipinski definition) is 4. The molecule has 0 bridgehead atoms. The van der Waals surface area contributed by atoms with Crippen LogP contribution in [-0.4, -0.2) is 31.4 Å². The SMILES string of the molecule is COC(=O)c1ccc(/C=C/B2OC(C)(C)C(C)(C)O2)cc1. The lowest BCUT2D eigenvalue weighted by Gasteiger charge is -2.32. The molecule has 1 saturated heterocycles. The highest BCUT2D eigenvalue weighted by atomic mass is 16.7. The van der Waals surface area contributed by atoms with Crippen molar-refractivity contribution in [2.24, 2.45) is 0 Å². The summed E-state index contributed by atoms with van der Waals surface area (Å²) >= 11 is 0. The summed E-state index contributed by atoms with van der Waals surface area (Å²) < 4.78 is 16.4. The number of methoxy groups -OCH3 is 1. The quantitative estimate of drug-likeness (QED) is 0.633. The summed E-state index contributed by atoms with van der Waals surface area (Å²) in [5.74, 6) is 1.54. The molecule has 0 aromatic heterocycles. The standard InChI is InChI=1S/C16H21BO4/c1-15(2)16(3,4)21-17(20-15)11-10-12-6-8-13(9-7-12)14(18)19-5/h6-11H,1-5H3/b11-10+. The maximum absolute atomic E-state index is 11.4. The van der Waals surface area contributed by atoms with Crippen molar-refractivity contribution in [1.29, 1.82) is 0 Å². The molecule has 0 atom stereocenters. The minimum atomic E-state index is -0.365. The first-order chi connectivity index (χ1) is 9.75. The molecule has 112 valence electrons. The van der Waals surface area contributed by atoms with Gasteiger partial charge in [0.15, 0.2) is 0 Å². The van der Waals surface area contributed by atoms with Crippen LogP contribution < -0.4 is 0 Å². The molecular formula is C16H21BO4. The van der Waals surface area contributed by atoms with Crippen molar-refractivity contribution in [3.63, 3.8) is 0 Å². The third-order valence-corrected chi connectivity index (χ3v) is 4.05. The predicted octanol–water partition coefficient (Wildman–Crippen LogP) is 3.12. The highest BCUT2D eigenvalue weighted by Gasteiger charge is 2.49. The van der Waals surface area contributed by atoms with E-state index in [9.17, 15) is 4.79 Å². The average Bonchev–Trinajstić information content (AvgIpc) is 2.64. The van der Waals surface area contributed by atoms with Gasteiger partial charge in [-0.05, 0) is 45.4 Å². The van der Waals surface area contributed by atoms with E-state index in [1.165, 1.54) is 7.11 Å². The van der Waals surface area contributed by atoms with Gasteiger partial charge in [-0.1, -0.05) is 24.2 Å². The lowest BCUT2D eigenvalue weighted by Crippen LogP contribution is -2.41. The smallest absolute Gasteiger partial charge is 0.465 e. The maximum atomic E-state index is 11.4. The zero-order chi connectivity index (χ0) is 15.7. The summed E-state index contributed by atoms with van der Waals surface area (Å²) in [6.45, 7) is 8.08. The monoisotopic (exact) mass is 288 g/mol. The first-order valence-corrected chi connectivity index (χ1v) is 6.97. The van der Waals surface area contributed by atoms with Gasteiger partial charge in [0.1, 0.15) is 0 Å². The largest absolute Gasteiger partial charge is 0.487 e. The van der Waals surface area contributed by atoms with Crippen molar-refractivity contribution < 1.29 is 18.8 Å². The van der Waals surface area contributed by atoms with Crippen molar-refractivity contribution in [2.45, 2.75) is 38.9 Å². The molecule has 0 spiro atoms. The molecule has 0 saturated carbocycles. The Balaban J connectivity index is 2.04. The second kappa shape index (κ2) is 5.66. The van der Waals surface area contributed by atoms with Gasteiger partial charge in [-0.25, -0.2) is 4.79 Å². The van der Waals surface area contributed by atoms with Crippen molar-refractivity contribution in [2.75, 3.05) is 7.11 Å². The van der Waals surface area contributed by atoms with Crippen LogP contribution in [0, 0.1) is 0 Å². The van der Waals surface area contributed by atoms with Crippen LogP contribution in [0.15, 0.2) is 30.2 Å². The molecule has 0 aliphatic carbocycles. The topological polar surface area (TPSA) is 44.8 Å². The minimum Gasteiger partial charge on any atom is -0.465 e. The fraction of sp³-hybridized carbons (Fsp3) is 0.438. The zero-order valence-corrected chi connectivity index (χ0v) is 13.2. The molecule has 4 nitrogen and oxygen atoms in total. The predicted molar refractivity (Wildman–Crippen MR) is 82.9 cm³/mol. The molecule has 5 heteroatoms. The Labute approximate surface area is 126 Å². The van der Waals surface area contributed by atoms with Crippen LogP contribution in [0.5, 0.6) is 0 Å². The van der Waals surface area contributed by atoms with E-state index < -0.39 is 0 Å². The molecule has 1 aromatic carbocycles. The van der Waals surface area contributed by atoms with Gasteiger partial charge in [-0.2, -0.15) is 0 Å². The van der Waals surface area contributed by atoms with Crippen LogP contribution >= 0.6 is 0 Å². The molecule has 2 rings (SSSR count). The Morgan fingerprint density at radius 2 is 1.62 bits per heavy atom. The van der Waals surface area contributed by atoms with Gasteiger partial charge in [-0.15, -0.1) is 0 Å². The van der Waals surface area contributed by atoms with E-state index in [1.807, 2.05) is 51.9 Å². The van der Waals surface area contributed by atoms with Gasteiger partial charge >= 0.3 is 13.1 Å². The van der Waals surface area contributed by atoms with E-state index in [-0.39, 0.29) is 24.3 Å². The highest BCUT2D eigenvalue weighted by molar-refractivity contribution is 6.52. The first kappa shape index (κ1) is 15.8. The average molecular weight is 288 g/mol. The lowest BCUT2D eigenvalue weighted by atomic mass is 9.89. The second-order valence-corrected chi connectivity index (χ2v) is 6.10. The van der Waals surface area contributed by atoms with Gasteiger partial charge < -0.3 is 14.0 Å². The summed E-state index contributed by atoms with van der Waals surface area (Å²) in [5.41, 5.74) is 0.829. The van der Waals surface area contributed by atoms with E-state index in [1.54, 1.807) is 12.1 Å². The zero-order valence-electron chi connectivity index (χ0n) is 13.2. The molecule has 0 amide bonds. The Morgan fingerprint density at radius 1 is 1.10 bits per heavy atom. The van der Waals surface area contributed by atoms with Crippen LogP contribution in [0.4, 0.5) is 0 Å². The first-order valence-electron chi connectivity index (χ1n) is 6.97. The number of carbonyl (C=O) groups is 1. The number of hydrogen-bond donors (Lipinski definition) is 0. The number of benzene rings is 1. The number of esters is 1. The van der Waals surface area contributed by atoms with E-state index in [0.29, 0.717) is 5.56 Å². The lowest BCUT2D eigenvalue weighted by molar-refractivity contribution is 0.00578. The molecular weight excluding hydrogens is 267 g/mol. The van der Waals surface area contributed by atoms with E-state index in [2.05, 4.69) is 4.74 Å². The van der Waals surface area contributed by atoms with Gasteiger partial charge in [0.2, 0.25) is 0 Å². The molecule has 1 aliphatic rings. The normalized spacial score (nSPS) is 20.0. The van der Waals surface area contributed by atoms with Gasteiger partial charge in [0, 0.05) is 0 Å². The molecule has 0 radical (unpaired) electrons. The van der Waals surface area contributed by atoms with Gasteiger partial charge in [0.05, 0.1) is 23.9 Å². The molecule has 1 aliphatic heterocycles. The fourth-order valence-corrected chi connectivity index (χ4v) is 2.01. The van der Waals surface area contributed by atoms with Crippen LogP contribution in [0.2, 0.25) is 0 Å². The van der Waals surface area contributed by atoms with Crippen LogP contribution in [0.1, 0.15) is 43.6 Å². The number of carbonyl (C=O) groups excluding carboxylic acids is 1. The molecule has 0 N–H and O–H groups in total. The Bertz CT molecular complexity index is 530. The molecule has 1 heterocycles. The summed E-state index contributed by atoms with van der Waals surface area (Å²) in [6, 6.07) is 7.17. The van der Waals surface area contributed by atoms with E-state index in [4.69, 9.17) is 9.31 Å². The Morgan fingerprint density at radius 3 is 2.10 bits per heavy atom. The van der Waals surface area contributed by atoms with E-state index >= 15 is 0 Å². The third-order valence-electron chi connectivity index (χ3n) is 4.05. The van der Waals surface area contributed by atoms with Gasteiger partial charge in [0.25, 0.3) is 0 Å². The van der Waals surface area contributed by atoms with Gasteiger partial charge in [-0.3, -0.25) is 0 Å². The van der Waals surface area contributed by atoms with Crippen molar-refractivity contribution >= 4 is 19.2 Å². The summed E-state index contributed by atoms with van der Waals surface area (Å²) in [7, 11) is 1.00. The third kappa shape index (κ3) is 3.36. The fourth-order valence-electron chi connectivity index (χ4n) is 2.01. The van der Waals surface area contributed by atoms with Crippen molar-refractivity contribution in [1.82, 2.24) is 0 Å². The summed E-state index contributed by atoms with van der Waals surface area (Å²) in [6.07, 6.45) is 1.92.